The normalized spacial score (nSPS) is 15.3. The molecular weight excluding hydrogens is 783 g/mol. The molecule has 0 N–H and O–H groups in total. The van der Waals surface area contributed by atoms with Crippen molar-refractivity contribution in [3.63, 3.8) is 0 Å². The van der Waals surface area contributed by atoms with E-state index in [9.17, 15) is 86.4 Å². The maximum atomic E-state index is 12.4. The molecule has 0 heterocycles. The van der Waals surface area contributed by atoms with E-state index in [2.05, 4.69) is 48.2 Å². The van der Waals surface area contributed by atoms with Crippen LogP contribution in [0.3, 0.4) is 0 Å². The highest BCUT2D eigenvalue weighted by atomic mass is 32.2. The van der Waals surface area contributed by atoms with Crippen molar-refractivity contribution in [1.82, 2.24) is 0 Å². The Balaban J connectivity index is 0.00000128. The van der Waals surface area contributed by atoms with Gasteiger partial charge in [-0.3, -0.25) is 0 Å². The summed E-state index contributed by atoms with van der Waals surface area (Å²) in [5.74, 6) is 1.04. The minimum atomic E-state index is -8.05. The maximum absolute atomic E-state index is 12.4. The Kier molecular flexibility index (Phi) is 13.2. The average Bonchev–Trinajstić information content (AvgIpc) is 2.74. The number of halogens is 12. The highest BCUT2D eigenvalue weighted by Crippen LogP contribution is 2.39. The molecule has 1 aromatic carbocycles. The highest BCUT2D eigenvalue weighted by molar-refractivity contribution is 7.93. The fraction of sp³-hybridized carbons (Fsp3) is 0.533. The van der Waals surface area contributed by atoms with Crippen LogP contribution in [0.2, 0.25) is 19.6 Å². The first-order valence-corrected chi connectivity index (χ1v) is 19.6. The Hall–Kier alpha value is -2.03. The summed E-state index contributed by atoms with van der Waals surface area (Å²) in [5, 5.41) is 0. The van der Waals surface area contributed by atoms with Gasteiger partial charge in [-0.05, 0) is 12.1 Å². The summed E-state index contributed by atoms with van der Waals surface area (Å²) in [6.07, 6.45) is 0. The number of ketones is 1. The molecule has 0 bridgehead atoms. The number of alkyl halides is 12. The van der Waals surface area contributed by atoms with Gasteiger partial charge in [-0.2, -0.15) is 86.4 Å². The van der Waals surface area contributed by atoms with Gasteiger partial charge in [-0.25, -0.2) is 0 Å². The van der Waals surface area contributed by atoms with Crippen LogP contribution < -0.4 is 0 Å². The molecule has 31 heteroatoms. The van der Waals surface area contributed by atoms with Gasteiger partial charge < -0.3 is 20.5 Å². The fourth-order valence-electron chi connectivity index (χ4n) is 2.13. The van der Waals surface area contributed by atoms with Crippen molar-refractivity contribution in [2.24, 2.45) is 0 Å². The van der Waals surface area contributed by atoms with E-state index in [0.717, 1.165) is 5.78 Å². The molecule has 0 spiro atoms. The Morgan fingerprint density at radius 2 is 0.804 bits per heavy atom. The molecule has 0 aliphatic heterocycles. The van der Waals surface area contributed by atoms with Gasteiger partial charge in [0.05, 0.1) is 5.56 Å². The predicted octanol–water partition coefficient (Wildman–Crippen LogP) is 4.15. The minimum absolute atomic E-state index is 1.04. The lowest BCUT2D eigenvalue weighted by molar-refractivity contribution is -0.100. The van der Waals surface area contributed by atoms with Crippen molar-refractivity contribution in [3.05, 3.63) is 35.9 Å². The zero-order valence-corrected chi connectivity index (χ0v) is 26.7. The monoisotopic (exact) mass is 800 g/mol. The topological polar surface area (TPSA) is 185 Å². The van der Waals surface area contributed by atoms with Crippen LogP contribution in [0.25, 0.3) is 0 Å². The molecule has 0 saturated heterocycles. The third-order valence-electron chi connectivity index (χ3n) is 3.75. The summed E-state index contributed by atoms with van der Waals surface area (Å²) in [5.41, 5.74) is -27.4. The summed E-state index contributed by atoms with van der Waals surface area (Å²) >= 11 is 0. The first-order chi connectivity index (χ1) is 19.8. The second kappa shape index (κ2) is 13.8. The average molecular weight is 800 g/mol. The lowest BCUT2D eigenvalue weighted by Gasteiger charge is -2.37. The molecule has 46 heavy (non-hydrogen) atoms. The number of rotatable bonds is 10. The number of benzene rings is 1. The van der Waals surface area contributed by atoms with E-state index in [0.29, 0.717) is 0 Å². The lowest BCUT2D eigenvalue weighted by Crippen LogP contribution is -2.59. The van der Waals surface area contributed by atoms with Crippen LogP contribution in [0.1, 0.15) is 16.6 Å². The third-order valence-corrected chi connectivity index (χ3v) is 8.89. The summed E-state index contributed by atoms with van der Waals surface area (Å²) in [6.45, 7) is 0.732. The SMILES string of the molecule is CC(=[O+][Si](C)(C)C)c1ccccc1.O=S(=O)(O[B-](OS(=O)(=O)C(F)(F)F)(OS(=O)(=O)C(F)(F)F)OS(=O)(=O)C(F)(F)F)C(F)(F)F. The molecule has 0 aromatic heterocycles. The van der Waals surface area contributed by atoms with Gasteiger partial charge in [0.15, 0.2) is 0 Å². The molecule has 0 fully saturated rings. The number of hydrogen-bond donors (Lipinski definition) is 0. The van der Waals surface area contributed by atoms with Gasteiger partial charge >= 0.3 is 77.8 Å². The number of carbonyl (C=O) groups excluding carboxylic acids is 1. The molecule has 0 radical (unpaired) electrons. The smallest absolute Gasteiger partial charge is 0.398 e. The van der Waals surface area contributed by atoms with Crippen LogP contribution in [-0.4, -0.2) is 76.8 Å². The molecular formula is C15H17BF12O13S4Si. The molecule has 0 unspecified atom stereocenters. The van der Waals surface area contributed by atoms with E-state index in [4.69, 9.17) is 4.11 Å². The van der Waals surface area contributed by atoms with Crippen LogP contribution in [0, 0.1) is 0 Å². The highest BCUT2D eigenvalue weighted by Gasteiger charge is 2.64. The Bertz CT molecular complexity index is 1490. The van der Waals surface area contributed by atoms with Gasteiger partial charge in [-0.1, -0.05) is 18.2 Å². The maximum Gasteiger partial charge on any atom is 0.587 e. The standard InChI is InChI=1S/C11H17OSi.C4BF12O12S4/c1-10(12-13(2,3)4)11-8-6-5-7-9-11;6-1(7,8)30(18,19)26-5(27-31(20,21)2(9,10)11,28-32(22,23)3(12,13)14)29-33(24,25)4(15,16)17/h5-9H,1-4H3;/q+1;-1. The van der Waals surface area contributed by atoms with Crippen LogP contribution in [0.4, 0.5) is 52.7 Å². The predicted molar refractivity (Wildman–Crippen MR) is 130 cm³/mol. The first kappa shape index (κ1) is 44.0. The Labute approximate surface area is 252 Å². The van der Waals surface area contributed by atoms with Crippen LogP contribution in [-0.2, 0) is 56.9 Å². The van der Waals surface area contributed by atoms with Crippen LogP contribution in [0.15, 0.2) is 30.3 Å². The molecule has 270 valence electrons. The molecule has 0 saturated carbocycles. The zero-order chi connectivity index (χ0) is 37.2. The lowest BCUT2D eigenvalue weighted by atomic mass is 10.1. The molecule has 0 aliphatic carbocycles. The Morgan fingerprint density at radius 1 is 0.565 bits per heavy atom. The largest absolute Gasteiger partial charge is 0.587 e. The molecule has 0 amide bonds. The van der Waals surface area contributed by atoms with Gasteiger partial charge in [0.25, 0.3) is 5.78 Å². The Morgan fingerprint density at radius 3 is 1.00 bits per heavy atom. The summed E-state index contributed by atoms with van der Waals surface area (Å²) < 4.78 is 250. The van der Waals surface area contributed by atoms with E-state index in [1.807, 2.05) is 25.1 Å². The van der Waals surface area contributed by atoms with E-state index in [1.54, 1.807) is 0 Å². The summed E-state index contributed by atoms with van der Waals surface area (Å²) in [7, 11) is -33.6. The third kappa shape index (κ3) is 12.5. The van der Waals surface area contributed by atoms with Crippen molar-refractivity contribution < 1.29 is 107 Å². The fourth-order valence-corrected chi connectivity index (χ4v) is 5.61. The van der Waals surface area contributed by atoms with E-state index in [1.165, 1.54) is 5.56 Å². The van der Waals surface area contributed by atoms with Crippen molar-refractivity contribution in [2.75, 3.05) is 0 Å². The van der Waals surface area contributed by atoms with Crippen LogP contribution in [0.5, 0.6) is 0 Å². The molecule has 1 aromatic rings. The van der Waals surface area contributed by atoms with Gasteiger partial charge in [0.1, 0.15) is 0 Å². The van der Waals surface area contributed by atoms with Gasteiger partial charge in [0, 0.05) is 26.6 Å². The van der Waals surface area contributed by atoms with E-state index >= 15 is 0 Å². The van der Waals surface area contributed by atoms with Crippen molar-refractivity contribution >= 4 is 61.5 Å². The molecule has 1 rings (SSSR count). The summed E-state index contributed by atoms with van der Waals surface area (Å²) in [6, 6.07) is 10.2. The van der Waals surface area contributed by atoms with E-state index < -0.39 is 77.8 Å². The second-order valence-corrected chi connectivity index (χ2v) is 19.4. The number of hydrogen-bond acceptors (Lipinski definition) is 12. The van der Waals surface area contributed by atoms with Crippen molar-refractivity contribution in [3.8, 4) is 0 Å². The van der Waals surface area contributed by atoms with E-state index in [-0.39, 0.29) is 0 Å². The second-order valence-electron chi connectivity index (χ2n) is 8.70. The molecule has 0 aliphatic rings. The first-order valence-electron chi connectivity index (χ1n) is 10.6. The van der Waals surface area contributed by atoms with Crippen molar-refractivity contribution in [1.29, 1.82) is 0 Å². The zero-order valence-electron chi connectivity index (χ0n) is 22.4. The summed E-state index contributed by atoms with van der Waals surface area (Å²) in [4.78, 5) is 0. The van der Waals surface area contributed by atoms with Crippen LogP contribution >= 0.6 is 0 Å². The van der Waals surface area contributed by atoms with Gasteiger partial charge in [0.2, 0.25) is 0 Å². The van der Waals surface area contributed by atoms with Crippen molar-refractivity contribution in [2.45, 2.75) is 48.6 Å². The minimum Gasteiger partial charge on any atom is -0.398 e. The quantitative estimate of drug-likeness (QED) is 0.109. The van der Waals surface area contributed by atoms with Gasteiger partial charge in [-0.15, -0.1) is 0 Å². The molecule has 13 nitrogen and oxygen atoms in total. The molecule has 0 atom stereocenters.